The minimum Gasteiger partial charge on any atom is -0.292 e. The van der Waals surface area contributed by atoms with Gasteiger partial charge in [0.1, 0.15) is 5.82 Å². The Labute approximate surface area is 189 Å². The molecule has 2 heterocycles. The molecule has 7 aromatic rings. The highest BCUT2D eigenvalue weighted by molar-refractivity contribution is 7.26. The van der Waals surface area contributed by atoms with Gasteiger partial charge < -0.3 is 0 Å². The second kappa shape index (κ2) is 6.78. The van der Waals surface area contributed by atoms with Gasteiger partial charge in [0.05, 0.1) is 11.0 Å². The van der Waals surface area contributed by atoms with Crippen LogP contribution in [0.15, 0.2) is 109 Å². The van der Waals surface area contributed by atoms with E-state index in [1.54, 1.807) is 0 Å². The molecule has 0 fully saturated rings. The molecule has 0 bridgehead atoms. The van der Waals surface area contributed by atoms with E-state index < -0.39 is 0 Å². The maximum atomic E-state index is 5.10. The lowest BCUT2D eigenvalue weighted by Crippen LogP contribution is -1.97. The lowest BCUT2D eigenvalue weighted by atomic mass is 10.0. The van der Waals surface area contributed by atoms with Gasteiger partial charge in [-0.1, -0.05) is 66.7 Å². The molecule has 7 rings (SSSR count). The van der Waals surface area contributed by atoms with Gasteiger partial charge in [-0.25, -0.2) is 4.98 Å². The van der Waals surface area contributed by atoms with Crippen LogP contribution in [0.25, 0.3) is 59.1 Å². The average molecular weight is 427 g/mol. The van der Waals surface area contributed by atoms with Crippen LogP contribution in [0.2, 0.25) is 0 Å². The second-order valence-electron chi connectivity index (χ2n) is 8.07. The van der Waals surface area contributed by atoms with E-state index in [0.29, 0.717) is 0 Å². The summed E-state index contributed by atoms with van der Waals surface area (Å²) in [5.41, 5.74) is 4.43. The van der Waals surface area contributed by atoms with E-state index in [4.69, 9.17) is 4.98 Å². The summed E-state index contributed by atoms with van der Waals surface area (Å²) in [5, 5.41) is 5.17. The summed E-state index contributed by atoms with van der Waals surface area (Å²) in [4.78, 5) is 5.10. The highest BCUT2D eigenvalue weighted by Crippen LogP contribution is 2.42. The fourth-order valence-corrected chi connectivity index (χ4v) is 5.95. The molecule has 0 saturated heterocycles. The second-order valence-corrected chi connectivity index (χ2v) is 9.13. The minimum absolute atomic E-state index is 0.985. The first kappa shape index (κ1) is 17.7. The molecule has 0 atom stereocenters. The smallest absolute Gasteiger partial charge is 0.147 e. The molecule has 0 saturated carbocycles. The molecule has 0 aliphatic rings. The molecule has 5 aromatic carbocycles. The van der Waals surface area contributed by atoms with Gasteiger partial charge in [0.25, 0.3) is 0 Å². The van der Waals surface area contributed by atoms with Crippen LogP contribution in [0.1, 0.15) is 0 Å². The van der Waals surface area contributed by atoms with E-state index in [9.17, 15) is 0 Å². The van der Waals surface area contributed by atoms with E-state index >= 15 is 0 Å². The summed E-state index contributed by atoms with van der Waals surface area (Å²) in [5.74, 6) is 0.985. The Kier molecular flexibility index (Phi) is 3.75. The summed E-state index contributed by atoms with van der Waals surface area (Å²) in [6.45, 7) is 0. The fourth-order valence-electron chi connectivity index (χ4n) is 4.70. The van der Waals surface area contributed by atoms with Gasteiger partial charge >= 0.3 is 0 Å². The molecule has 0 N–H and O–H groups in total. The zero-order valence-corrected chi connectivity index (χ0v) is 18.0. The Morgan fingerprint density at radius 2 is 1.38 bits per heavy atom. The molecule has 150 valence electrons. The van der Waals surface area contributed by atoms with Crippen molar-refractivity contribution in [2.75, 3.05) is 0 Å². The number of rotatable bonds is 2. The van der Waals surface area contributed by atoms with Crippen LogP contribution >= 0.6 is 11.3 Å². The number of thiophene rings is 1. The van der Waals surface area contributed by atoms with Crippen molar-refractivity contribution in [3.8, 4) is 17.1 Å². The van der Waals surface area contributed by atoms with Crippen LogP contribution in [-0.2, 0) is 0 Å². The van der Waals surface area contributed by atoms with E-state index in [-0.39, 0.29) is 0 Å². The number of hydrogen-bond donors (Lipinski definition) is 0. The third kappa shape index (κ3) is 2.55. The van der Waals surface area contributed by atoms with Gasteiger partial charge in [0, 0.05) is 31.4 Å². The quantitative estimate of drug-likeness (QED) is 0.272. The van der Waals surface area contributed by atoms with Crippen LogP contribution in [0.5, 0.6) is 0 Å². The Morgan fingerprint density at radius 3 is 2.25 bits per heavy atom. The lowest BCUT2D eigenvalue weighted by molar-refractivity contribution is 1.11. The van der Waals surface area contributed by atoms with Crippen molar-refractivity contribution in [1.82, 2.24) is 9.55 Å². The van der Waals surface area contributed by atoms with Crippen molar-refractivity contribution in [1.29, 1.82) is 0 Å². The number of para-hydroxylation sites is 3. The predicted octanol–water partition coefficient (Wildman–Crippen LogP) is 8.21. The number of benzene rings is 5. The number of nitrogens with zero attached hydrogens (tertiary/aromatic N) is 2. The largest absolute Gasteiger partial charge is 0.292 e. The number of fused-ring (bicyclic) bond motifs is 5. The van der Waals surface area contributed by atoms with E-state index in [1.165, 1.54) is 36.5 Å². The normalized spacial score (nSPS) is 11.8. The Morgan fingerprint density at radius 1 is 0.625 bits per heavy atom. The Bertz CT molecular complexity index is 1770. The molecule has 0 spiro atoms. The Balaban J connectivity index is 1.59. The summed E-state index contributed by atoms with van der Waals surface area (Å²) in [7, 11) is 0. The van der Waals surface area contributed by atoms with Crippen molar-refractivity contribution in [2.45, 2.75) is 0 Å². The van der Waals surface area contributed by atoms with Gasteiger partial charge in [-0.05, 0) is 53.2 Å². The first-order chi connectivity index (χ1) is 15.9. The Hall–Kier alpha value is -3.95. The fraction of sp³-hybridized carbons (Fsp3) is 0. The van der Waals surface area contributed by atoms with Gasteiger partial charge in [-0.3, -0.25) is 4.57 Å². The summed E-state index contributed by atoms with van der Waals surface area (Å²) in [6.07, 6.45) is 0. The molecule has 0 aliphatic heterocycles. The van der Waals surface area contributed by atoms with Crippen LogP contribution in [-0.4, -0.2) is 9.55 Å². The molecule has 0 amide bonds. The average Bonchev–Trinajstić information content (AvgIpc) is 3.41. The number of imidazole rings is 1. The molecule has 32 heavy (non-hydrogen) atoms. The summed E-state index contributed by atoms with van der Waals surface area (Å²) in [6, 6.07) is 38.7. The first-order valence-electron chi connectivity index (χ1n) is 10.7. The maximum absolute atomic E-state index is 5.10. The third-order valence-electron chi connectivity index (χ3n) is 6.18. The van der Waals surface area contributed by atoms with Crippen LogP contribution in [0.4, 0.5) is 0 Å². The van der Waals surface area contributed by atoms with E-state index in [2.05, 4.69) is 114 Å². The van der Waals surface area contributed by atoms with E-state index in [1.807, 2.05) is 11.3 Å². The van der Waals surface area contributed by atoms with Crippen LogP contribution in [0, 0.1) is 0 Å². The van der Waals surface area contributed by atoms with Crippen molar-refractivity contribution in [3.05, 3.63) is 109 Å². The molecule has 2 nitrogen and oxygen atoms in total. The molecule has 0 aliphatic carbocycles. The van der Waals surface area contributed by atoms with Gasteiger partial charge in [0.2, 0.25) is 0 Å². The van der Waals surface area contributed by atoms with Gasteiger partial charge in [-0.15, -0.1) is 11.3 Å². The minimum atomic E-state index is 0.985. The molecule has 3 heteroatoms. The summed E-state index contributed by atoms with van der Waals surface area (Å²) < 4.78 is 4.88. The van der Waals surface area contributed by atoms with Gasteiger partial charge in [-0.2, -0.15) is 0 Å². The standard InChI is InChI=1S/C29H18N2S/c1-2-11-21(12-3-1)31-26-16-7-6-15-25(26)30-29(31)23-14-8-13-22-24-17-19-9-4-5-10-20(19)18-27(24)32-28(22)23/h1-18H. The highest BCUT2D eigenvalue weighted by Gasteiger charge is 2.18. The molecule has 2 aromatic heterocycles. The molecule has 0 radical (unpaired) electrons. The number of hydrogen-bond acceptors (Lipinski definition) is 2. The predicted molar refractivity (Wildman–Crippen MR) is 137 cm³/mol. The van der Waals surface area contributed by atoms with Gasteiger partial charge in [0.15, 0.2) is 0 Å². The molecular formula is C29H18N2S. The zero-order chi connectivity index (χ0) is 21.1. The molecule has 0 unspecified atom stereocenters. The van der Waals surface area contributed by atoms with E-state index in [0.717, 1.165) is 22.5 Å². The third-order valence-corrected chi connectivity index (χ3v) is 7.38. The highest BCUT2D eigenvalue weighted by atomic mass is 32.1. The van der Waals surface area contributed by atoms with Crippen molar-refractivity contribution < 1.29 is 0 Å². The summed E-state index contributed by atoms with van der Waals surface area (Å²) >= 11 is 1.86. The number of aromatic nitrogens is 2. The monoisotopic (exact) mass is 426 g/mol. The van der Waals surface area contributed by atoms with Crippen molar-refractivity contribution >= 4 is 53.3 Å². The SMILES string of the molecule is c1ccc(-n2c(-c3cccc4c3sc3cc5ccccc5cc34)nc3ccccc32)cc1. The molecular weight excluding hydrogens is 408 g/mol. The van der Waals surface area contributed by atoms with Crippen LogP contribution in [0.3, 0.4) is 0 Å². The maximum Gasteiger partial charge on any atom is 0.147 e. The van der Waals surface area contributed by atoms with Crippen molar-refractivity contribution in [3.63, 3.8) is 0 Å². The van der Waals surface area contributed by atoms with Crippen LogP contribution < -0.4 is 0 Å². The zero-order valence-electron chi connectivity index (χ0n) is 17.2. The lowest BCUT2D eigenvalue weighted by Gasteiger charge is -2.10. The van der Waals surface area contributed by atoms with Crippen molar-refractivity contribution in [2.24, 2.45) is 0 Å². The topological polar surface area (TPSA) is 17.8 Å². The first-order valence-corrected chi connectivity index (χ1v) is 11.6.